The Bertz CT molecular complexity index is 555. The molecule has 1 heterocycles. The van der Waals surface area contributed by atoms with Gasteiger partial charge in [0.15, 0.2) is 11.6 Å². The second-order valence-electron chi connectivity index (χ2n) is 4.30. The Kier molecular flexibility index (Phi) is 3.46. The first-order valence-corrected chi connectivity index (χ1v) is 5.81. The van der Waals surface area contributed by atoms with Gasteiger partial charge in [-0.3, -0.25) is 0 Å². The number of carbonyl (C=O) groups is 1. The third-order valence-electron chi connectivity index (χ3n) is 2.77. The van der Waals surface area contributed by atoms with Crippen molar-refractivity contribution in [2.75, 3.05) is 0 Å². The minimum Gasteiger partial charge on any atom is -0.476 e. The molecule has 4 nitrogen and oxygen atoms in total. The van der Waals surface area contributed by atoms with Crippen LogP contribution in [0.3, 0.4) is 0 Å². The van der Waals surface area contributed by atoms with Crippen LogP contribution in [0.25, 0.3) is 0 Å². The van der Waals surface area contributed by atoms with Gasteiger partial charge in [-0.25, -0.2) is 9.78 Å². The number of benzene rings is 1. The fourth-order valence-corrected chi connectivity index (χ4v) is 1.82. The maximum absolute atomic E-state index is 11.0. The number of aromatic nitrogens is 1. The van der Waals surface area contributed by atoms with E-state index in [0.29, 0.717) is 18.1 Å². The van der Waals surface area contributed by atoms with Crippen LogP contribution in [0.5, 0.6) is 0 Å². The summed E-state index contributed by atoms with van der Waals surface area (Å²) in [5.74, 6) is -0.197. The lowest BCUT2D eigenvalue weighted by atomic mass is 10.1. The summed E-state index contributed by atoms with van der Waals surface area (Å²) in [5.41, 5.74) is 2.39. The van der Waals surface area contributed by atoms with Crippen LogP contribution in [0.1, 0.15) is 33.3 Å². The first-order chi connectivity index (χ1) is 8.56. The number of hydrogen-bond acceptors (Lipinski definition) is 3. The first kappa shape index (κ1) is 12.4. The van der Waals surface area contributed by atoms with Crippen LogP contribution < -0.4 is 0 Å². The van der Waals surface area contributed by atoms with Gasteiger partial charge in [0, 0.05) is 13.3 Å². The predicted octanol–water partition coefficient (Wildman–Crippen LogP) is 2.77. The number of nitrogens with zero attached hydrogens (tertiary/aromatic N) is 1. The maximum atomic E-state index is 11.0. The lowest BCUT2D eigenvalue weighted by molar-refractivity contribution is 0.0688. The van der Waals surface area contributed by atoms with Crippen molar-refractivity contribution in [3.05, 3.63) is 52.7 Å². The molecule has 2 rings (SSSR count). The van der Waals surface area contributed by atoms with Crippen LogP contribution in [0.2, 0.25) is 0 Å². The van der Waals surface area contributed by atoms with Gasteiger partial charge >= 0.3 is 5.97 Å². The number of oxazole rings is 1. The van der Waals surface area contributed by atoms with E-state index in [1.807, 2.05) is 31.2 Å². The van der Waals surface area contributed by atoms with E-state index in [1.54, 1.807) is 6.92 Å². The summed E-state index contributed by atoms with van der Waals surface area (Å²) >= 11 is 0. The molecule has 0 unspecified atom stereocenters. The molecule has 2 aromatic rings. The van der Waals surface area contributed by atoms with Crippen molar-refractivity contribution in [1.29, 1.82) is 0 Å². The van der Waals surface area contributed by atoms with E-state index in [0.717, 1.165) is 12.0 Å². The lowest BCUT2D eigenvalue weighted by Crippen LogP contribution is -2.02. The normalized spacial score (nSPS) is 10.6. The molecular weight excluding hydrogens is 230 g/mol. The maximum Gasteiger partial charge on any atom is 0.358 e. The Morgan fingerprint density at radius 3 is 2.50 bits per heavy atom. The van der Waals surface area contributed by atoms with E-state index in [4.69, 9.17) is 9.52 Å². The second kappa shape index (κ2) is 5.04. The molecule has 1 aromatic heterocycles. The van der Waals surface area contributed by atoms with Crippen LogP contribution in [-0.2, 0) is 12.8 Å². The summed E-state index contributed by atoms with van der Waals surface area (Å²) < 4.78 is 5.33. The zero-order valence-electron chi connectivity index (χ0n) is 10.4. The van der Waals surface area contributed by atoms with E-state index in [9.17, 15) is 4.79 Å². The molecule has 1 aromatic carbocycles. The number of aryl methyl sites for hydroxylation is 4. The highest BCUT2D eigenvalue weighted by atomic mass is 16.4. The highest BCUT2D eigenvalue weighted by Gasteiger charge is 2.17. The first-order valence-electron chi connectivity index (χ1n) is 5.81. The molecule has 0 saturated heterocycles. The fraction of sp³-hybridized carbons (Fsp3) is 0.286. The third-order valence-corrected chi connectivity index (χ3v) is 2.77. The molecule has 0 atom stereocenters. The summed E-state index contributed by atoms with van der Waals surface area (Å²) in [6.45, 7) is 3.69. The number of aromatic carboxylic acids is 1. The molecule has 18 heavy (non-hydrogen) atoms. The minimum absolute atomic E-state index is 0.0274. The van der Waals surface area contributed by atoms with Gasteiger partial charge in [-0.1, -0.05) is 29.8 Å². The van der Waals surface area contributed by atoms with E-state index < -0.39 is 5.97 Å². The molecule has 0 aliphatic heterocycles. The van der Waals surface area contributed by atoms with Gasteiger partial charge in [0.2, 0.25) is 0 Å². The van der Waals surface area contributed by atoms with E-state index in [-0.39, 0.29) is 5.69 Å². The number of carboxylic acids is 1. The minimum atomic E-state index is -1.04. The Balaban J connectivity index is 2.10. The van der Waals surface area contributed by atoms with Crippen LogP contribution >= 0.6 is 0 Å². The summed E-state index contributed by atoms with van der Waals surface area (Å²) in [4.78, 5) is 14.8. The van der Waals surface area contributed by atoms with E-state index >= 15 is 0 Å². The monoisotopic (exact) mass is 245 g/mol. The SMILES string of the molecule is Cc1ccc(CCc2oc(C)nc2C(=O)O)cc1. The van der Waals surface area contributed by atoms with Gasteiger partial charge in [0.25, 0.3) is 0 Å². The highest BCUT2D eigenvalue weighted by Crippen LogP contribution is 2.14. The largest absolute Gasteiger partial charge is 0.476 e. The van der Waals surface area contributed by atoms with Crippen LogP contribution in [0.4, 0.5) is 0 Å². The van der Waals surface area contributed by atoms with Gasteiger partial charge in [0.05, 0.1) is 0 Å². The van der Waals surface area contributed by atoms with Crippen molar-refractivity contribution in [2.24, 2.45) is 0 Å². The van der Waals surface area contributed by atoms with Gasteiger partial charge in [-0.05, 0) is 18.9 Å². The van der Waals surface area contributed by atoms with Crippen LogP contribution in [0.15, 0.2) is 28.7 Å². The lowest BCUT2D eigenvalue weighted by Gasteiger charge is -2.00. The Morgan fingerprint density at radius 2 is 1.89 bits per heavy atom. The summed E-state index contributed by atoms with van der Waals surface area (Å²) in [6, 6.07) is 8.16. The van der Waals surface area contributed by atoms with Crippen molar-refractivity contribution >= 4 is 5.97 Å². The number of rotatable bonds is 4. The second-order valence-corrected chi connectivity index (χ2v) is 4.30. The molecule has 4 heteroatoms. The van der Waals surface area contributed by atoms with Crippen molar-refractivity contribution in [3.8, 4) is 0 Å². The summed E-state index contributed by atoms with van der Waals surface area (Å²) in [6.07, 6.45) is 1.29. The van der Waals surface area contributed by atoms with E-state index in [1.165, 1.54) is 5.56 Å². The summed E-state index contributed by atoms with van der Waals surface area (Å²) in [5, 5.41) is 8.99. The average molecular weight is 245 g/mol. The van der Waals surface area contributed by atoms with Gasteiger partial charge in [-0.2, -0.15) is 0 Å². The standard InChI is InChI=1S/C14H15NO3/c1-9-3-5-11(6-4-9)7-8-12-13(14(16)17)15-10(2)18-12/h3-6H,7-8H2,1-2H3,(H,16,17). The molecule has 0 spiro atoms. The smallest absolute Gasteiger partial charge is 0.358 e. The highest BCUT2D eigenvalue weighted by molar-refractivity contribution is 5.86. The Morgan fingerprint density at radius 1 is 1.22 bits per heavy atom. The van der Waals surface area contributed by atoms with Crippen LogP contribution in [0, 0.1) is 13.8 Å². The molecular formula is C14H15NO3. The van der Waals surface area contributed by atoms with Crippen molar-refractivity contribution in [1.82, 2.24) is 4.98 Å². The van der Waals surface area contributed by atoms with Crippen molar-refractivity contribution in [3.63, 3.8) is 0 Å². The molecule has 94 valence electrons. The molecule has 0 saturated carbocycles. The third kappa shape index (κ3) is 2.77. The topological polar surface area (TPSA) is 63.3 Å². The quantitative estimate of drug-likeness (QED) is 0.899. The summed E-state index contributed by atoms with van der Waals surface area (Å²) in [7, 11) is 0. The molecule has 1 N–H and O–H groups in total. The number of carboxylic acid groups (broad SMARTS) is 1. The van der Waals surface area contributed by atoms with E-state index in [2.05, 4.69) is 4.98 Å². The predicted molar refractivity (Wildman–Crippen MR) is 66.8 cm³/mol. The molecule has 0 amide bonds. The average Bonchev–Trinajstić information content (AvgIpc) is 2.70. The fourth-order valence-electron chi connectivity index (χ4n) is 1.82. The van der Waals surface area contributed by atoms with Crippen molar-refractivity contribution in [2.45, 2.75) is 26.7 Å². The molecule has 0 bridgehead atoms. The zero-order chi connectivity index (χ0) is 13.1. The Hall–Kier alpha value is -2.10. The van der Waals surface area contributed by atoms with Crippen molar-refractivity contribution < 1.29 is 14.3 Å². The molecule has 0 radical (unpaired) electrons. The van der Waals surface area contributed by atoms with Gasteiger partial charge in [0.1, 0.15) is 5.76 Å². The number of hydrogen-bond donors (Lipinski definition) is 1. The molecule has 0 aliphatic rings. The molecule has 0 aliphatic carbocycles. The van der Waals surface area contributed by atoms with Crippen LogP contribution in [-0.4, -0.2) is 16.1 Å². The van der Waals surface area contributed by atoms with Gasteiger partial charge < -0.3 is 9.52 Å². The zero-order valence-corrected chi connectivity index (χ0v) is 10.4. The Labute approximate surface area is 105 Å². The van der Waals surface area contributed by atoms with Gasteiger partial charge in [-0.15, -0.1) is 0 Å². The molecule has 0 fully saturated rings.